The summed E-state index contributed by atoms with van der Waals surface area (Å²) in [4.78, 5) is 0. The Labute approximate surface area is 167 Å². The molecule has 0 aromatic carbocycles. The fourth-order valence-corrected chi connectivity index (χ4v) is 3.65. The third-order valence-electron chi connectivity index (χ3n) is 4.94. The second-order valence-electron chi connectivity index (χ2n) is 7.97. The lowest BCUT2D eigenvalue weighted by Crippen LogP contribution is -2.08. The van der Waals surface area contributed by atoms with Crippen LogP contribution in [0.4, 0.5) is 0 Å². The minimum Gasteiger partial charge on any atom is -0.501 e. The molecule has 1 atom stereocenters. The Kier molecular flexibility index (Phi) is 9.35. The minimum atomic E-state index is 0.501. The molecular weight excluding hydrogens is 328 g/mol. The van der Waals surface area contributed by atoms with Gasteiger partial charge in [0, 0.05) is 11.5 Å². The Morgan fingerprint density at radius 3 is 2.44 bits per heavy atom. The van der Waals surface area contributed by atoms with Gasteiger partial charge in [0.25, 0.3) is 0 Å². The molecule has 0 heterocycles. The molecule has 1 unspecified atom stereocenters. The SMILES string of the molecule is C=C(C)/C(C(=C)/C=C(/C)C/C(=C\C(C)C)C1C=CC=C(CC)C1)=C(/C)OC. The van der Waals surface area contributed by atoms with E-state index in [2.05, 4.69) is 71.2 Å². The molecule has 1 aliphatic rings. The van der Waals surface area contributed by atoms with Crippen molar-refractivity contribution < 1.29 is 4.74 Å². The highest BCUT2D eigenvalue weighted by Crippen LogP contribution is 2.32. The van der Waals surface area contributed by atoms with E-state index in [9.17, 15) is 0 Å². The van der Waals surface area contributed by atoms with Gasteiger partial charge in [0.15, 0.2) is 0 Å². The molecule has 0 saturated carbocycles. The van der Waals surface area contributed by atoms with E-state index in [4.69, 9.17) is 4.74 Å². The predicted octanol–water partition coefficient (Wildman–Crippen LogP) is 7.87. The first-order valence-electron chi connectivity index (χ1n) is 10.0. The first-order valence-corrected chi connectivity index (χ1v) is 10.0. The van der Waals surface area contributed by atoms with Gasteiger partial charge >= 0.3 is 0 Å². The molecule has 1 aliphatic carbocycles. The number of rotatable bonds is 9. The fourth-order valence-electron chi connectivity index (χ4n) is 3.65. The molecule has 1 heteroatoms. The maximum atomic E-state index is 5.43. The van der Waals surface area contributed by atoms with Gasteiger partial charge < -0.3 is 4.74 Å². The van der Waals surface area contributed by atoms with E-state index in [1.54, 1.807) is 7.11 Å². The van der Waals surface area contributed by atoms with Gasteiger partial charge in [0.05, 0.1) is 7.11 Å². The van der Waals surface area contributed by atoms with Gasteiger partial charge in [-0.3, -0.25) is 0 Å². The molecule has 0 amide bonds. The molecule has 1 nitrogen and oxygen atoms in total. The summed E-state index contributed by atoms with van der Waals surface area (Å²) in [5, 5.41) is 0. The number of methoxy groups -OCH3 is 1. The van der Waals surface area contributed by atoms with Gasteiger partial charge in [0.1, 0.15) is 5.76 Å². The zero-order valence-corrected chi connectivity index (χ0v) is 18.5. The van der Waals surface area contributed by atoms with Gasteiger partial charge in [-0.05, 0) is 57.1 Å². The Morgan fingerprint density at radius 2 is 1.93 bits per heavy atom. The summed E-state index contributed by atoms with van der Waals surface area (Å²) in [5.74, 6) is 1.91. The Hall–Kier alpha value is -2.02. The van der Waals surface area contributed by atoms with Gasteiger partial charge in [-0.2, -0.15) is 0 Å². The minimum absolute atomic E-state index is 0.501. The first-order chi connectivity index (χ1) is 12.7. The van der Waals surface area contributed by atoms with Crippen LogP contribution in [0.3, 0.4) is 0 Å². The van der Waals surface area contributed by atoms with Crippen molar-refractivity contribution in [3.63, 3.8) is 0 Å². The molecule has 0 radical (unpaired) electrons. The molecule has 0 spiro atoms. The fraction of sp³-hybridized carbons (Fsp3) is 0.462. The summed E-state index contributed by atoms with van der Waals surface area (Å²) < 4.78 is 5.43. The normalized spacial score (nSPS) is 19.0. The molecule has 0 aromatic heterocycles. The van der Waals surface area contributed by atoms with Crippen molar-refractivity contribution in [2.24, 2.45) is 11.8 Å². The molecular formula is C26H38O. The lowest BCUT2D eigenvalue weighted by molar-refractivity contribution is 0.290. The molecule has 27 heavy (non-hydrogen) atoms. The molecule has 148 valence electrons. The smallest absolute Gasteiger partial charge is 0.100 e. The average Bonchev–Trinajstić information content (AvgIpc) is 2.60. The standard InChI is InChI=1S/C26H38O/c1-10-23-12-11-13-24(17-23)25(14-18(2)3)16-20(6)15-21(7)26(19(4)5)22(8)27-9/h11-15,18,24H,4,7,10,16-17H2,1-3,5-6,8-9H3/b20-15-,25-14+,26-22+. The van der Waals surface area contributed by atoms with E-state index in [0.717, 1.165) is 41.7 Å². The quantitative estimate of drug-likeness (QED) is 0.229. The van der Waals surface area contributed by atoms with Crippen LogP contribution in [0.5, 0.6) is 0 Å². The van der Waals surface area contributed by atoms with Crippen LogP contribution < -0.4 is 0 Å². The Balaban J connectivity index is 3.07. The lowest BCUT2D eigenvalue weighted by atomic mass is 9.82. The molecule has 0 aromatic rings. The third-order valence-corrected chi connectivity index (χ3v) is 4.94. The van der Waals surface area contributed by atoms with Gasteiger partial charge in [-0.15, -0.1) is 0 Å². The van der Waals surface area contributed by atoms with Gasteiger partial charge in [0.2, 0.25) is 0 Å². The van der Waals surface area contributed by atoms with Gasteiger partial charge in [-0.1, -0.05) is 81.0 Å². The molecule has 0 bridgehead atoms. The summed E-state index contributed by atoms with van der Waals surface area (Å²) in [7, 11) is 1.69. The molecule has 0 aliphatic heterocycles. The summed E-state index contributed by atoms with van der Waals surface area (Å²) >= 11 is 0. The zero-order chi connectivity index (χ0) is 20.6. The summed E-state index contributed by atoms with van der Waals surface area (Å²) in [6, 6.07) is 0. The summed E-state index contributed by atoms with van der Waals surface area (Å²) in [6.45, 7) is 21.3. The van der Waals surface area contributed by atoms with Crippen molar-refractivity contribution in [2.45, 2.75) is 60.8 Å². The van der Waals surface area contributed by atoms with Crippen LogP contribution in [0.25, 0.3) is 0 Å². The van der Waals surface area contributed by atoms with Crippen molar-refractivity contribution in [2.75, 3.05) is 7.11 Å². The largest absolute Gasteiger partial charge is 0.501 e. The first kappa shape index (κ1) is 23.0. The van der Waals surface area contributed by atoms with Crippen molar-refractivity contribution in [1.82, 2.24) is 0 Å². The second kappa shape index (κ2) is 11.0. The summed E-state index contributed by atoms with van der Waals surface area (Å²) in [6.07, 6.45) is 14.7. The molecule has 0 N–H and O–H groups in total. The highest BCUT2D eigenvalue weighted by Gasteiger charge is 2.16. The maximum Gasteiger partial charge on any atom is 0.100 e. The number of ether oxygens (including phenoxy) is 1. The predicted molar refractivity (Wildman–Crippen MR) is 121 cm³/mol. The van der Waals surface area contributed by atoms with Crippen molar-refractivity contribution in [3.05, 3.63) is 82.7 Å². The third kappa shape index (κ3) is 7.25. The van der Waals surface area contributed by atoms with E-state index in [1.807, 2.05) is 13.8 Å². The van der Waals surface area contributed by atoms with Crippen LogP contribution in [0.1, 0.15) is 60.8 Å². The van der Waals surface area contributed by atoms with Crippen LogP contribution in [0, 0.1) is 11.8 Å². The maximum absolute atomic E-state index is 5.43. The van der Waals surface area contributed by atoms with Crippen LogP contribution in [0.2, 0.25) is 0 Å². The van der Waals surface area contributed by atoms with Crippen molar-refractivity contribution in [1.29, 1.82) is 0 Å². The van der Waals surface area contributed by atoms with Crippen LogP contribution in [0.15, 0.2) is 82.7 Å². The lowest BCUT2D eigenvalue weighted by Gasteiger charge is -2.23. The van der Waals surface area contributed by atoms with Crippen molar-refractivity contribution in [3.8, 4) is 0 Å². The van der Waals surface area contributed by atoms with E-state index in [-0.39, 0.29) is 0 Å². The van der Waals surface area contributed by atoms with Gasteiger partial charge in [-0.25, -0.2) is 0 Å². The second-order valence-corrected chi connectivity index (χ2v) is 7.97. The monoisotopic (exact) mass is 366 g/mol. The van der Waals surface area contributed by atoms with E-state index in [0.29, 0.717) is 11.8 Å². The topological polar surface area (TPSA) is 9.23 Å². The Bertz CT molecular complexity index is 704. The van der Waals surface area contributed by atoms with Crippen LogP contribution >= 0.6 is 0 Å². The van der Waals surface area contributed by atoms with Crippen molar-refractivity contribution >= 4 is 0 Å². The number of hydrogen-bond acceptors (Lipinski definition) is 1. The number of hydrogen-bond donors (Lipinski definition) is 0. The van der Waals surface area contributed by atoms with Crippen LogP contribution in [-0.2, 0) is 4.74 Å². The van der Waals surface area contributed by atoms with E-state index in [1.165, 1.54) is 16.7 Å². The Morgan fingerprint density at radius 1 is 1.26 bits per heavy atom. The molecule has 1 rings (SSSR count). The molecule has 0 fully saturated rings. The van der Waals surface area contributed by atoms with Crippen LogP contribution in [-0.4, -0.2) is 7.11 Å². The van der Waals surface area contributed by atoms with E-state index >= 15 is 0 Å². The van der Waals surface area contributed by atoms with E-state index < -0.39 is 0 Å². The highest BCUT2D eigenvalue weighted by molar-refractivity contribution is 5.51. The average molecular weight is 367 g/mol. The summed E-state index contributed by atoms with van der Waals surface area (Å²) in [5.41, 5.74) is 7.32. The zero-order valence-electron chi connectivity index (χ0n) is 18.5. The molecule has 0 saturated heterocycles. The number of allylic oxidation sites excluding steroid dienone is 12. The highest BCUT2D eigenvalue weighted by atomic mass is 16.5.